The van der Waals surface area contributed by atoms with E-state index in [1.807, 2.05) is 6.08 Å². The molecule has 0 spiro atoms. The summed E-state index contributed by atoms with van der Waals surface area (Å²) in [5.41, 5.74) is 1.87. The third-order valence-corrected chi connectivity index (χ3v) is 1.94. The second kappa shape index (κ2) is 3.90. The van der Waals surface area contributed by atoms with Gasteiger partial charge in [-0.1, -0.05) is 16.4 Å². The molecule has 0 aliphatic heterocycles. The van der Waals surface area contributed by atoms with E-state index in [9.17, 15) is 0 Å². The molecule has 0 atom stereocenters. The van der Waals surface area contributed by atoms with Crippen LogP contribution in [0, 0.1) is 0 Å². The van der Waals surface area contributed by atoms with Crippen molar-refractivity contribution in [2.75, 3.05) is 0 Å². The standard InChI is InChI=1S/C8H12N2O2/c1-6(9-11)7-4-2-3-5-8(7)10-12/h4,11-12H,2-3,5H2,1H3/b9-6+,10-8+. The Kier molecular flexibility index (Phi) is 2.85. The zero-order valence-corrected chi connectivity index (χ0v) is 6.99. The molecule has 1 rings (SSSR count). The molecule has 0 bridgehead atoms. The summed E-state index contributed by atoms with van der Waals surface area (Å²) < 4.78 is 0. The summed E-state index contributed by atoms with van der Waals surface area (Å²) in [7, 11) is 0. The van der Waals surface area contributed by atoms with Gasteiger partial charge in [0.2, 0.25) is 0 Å². The summed E-state index contributed by atoms with van der Waals surface area (Å²) in [6, 6.07) is 0. The van der Waals surface area contributed by atoms with Gasteiger partial charge in [-0.05, 0) is 26.2 Å². The molecule has 0 amide bonds. The smallest absolute Gasteiger partial charge is 0.0884 e. The van der Waals surface area contributed by atoms with Crippen LogP contribution in [0.1, 0.15) is 26.2 Å². The van der Waals surface area contributed by atoms with Gasteiger partial charge in [0.15, 0.2) is 0 Å². The fraction of sp³-hybridized carbons (Fsp3) is 0.500. The van der Waals surface area contributed by atoms with Gasteiger partial charge < -0.3 is 10.4 Å². The Morgan fingerprint density at radius 1 is 1.50 bits per heavy atom. The number of allylic oxidation sites excluding steroid dienone is 2. The van der Waals surface area contributed by atoms with Crippen molar-refractivity contribution in [1.82, 2.24) is 0 Å². The molecule has 0 saturated heterocycles. The lowest BCUT2D eigenvalue weighted by atomic mass is 9.94. The first-order chi connectivity index (χ1) is 5.79. The van der Waals surface area contributed by atoms with E-state index >= 15 is 0 Å². The quantitative estimate of drug-likeness (QED) is 0.356. The monoisotopic (exact) mass is 168 g/mol. The average Bonchev–Trinajstić information content (AvgIpc) is 2.16. The largest absolute Gasteiger partial charge is 0.411 e. The van der Waals surface area contributed by atoms with Gasteiger partial charge >= 0.3 is 0 Å². The molecule has 1 aliphatic rings. The van der Waals surface area contributed by atoms with Gasteiger partial charge in [-0.3, -0.25) is 0 Å². The van der Waals surface area contributed by atoms with Crippen LogP contribution in [-0.2, 0) is 0 Å². The minimum Gasteiger partial charge on any atom is -0.411 e. The molecule has 66 valence electrons. The number of nitrogens with zero attached hydrogens (tertiary/aromatic N) is 2. The van der Waals surface area contributed by atoms with E-state index in [1.54, 1.807) is 6.92 Å². The van der Waals surface area contributed by atoms with Gasteiger partial charge in [-0.2, -0.15) is 0 Å². The van der Waals surface area contributed by atoms with E-state index in [4.69, 9.17) is 10.4 Å². The van der Waals surface area contributed by atoms with Gasteiger partial charge in [0.1, 0.15) is 0 Å². The van der Waals surface area contributed by atoms with Crippen LogP contribution in [0.5, 0.6) is 0 Å². The van der Waals surface area contributed by atoms with Crippen LogP contribution in [0.2, 0.25) is 0 Å². The van der Waals surface area contributed by atoms with Crippen LogP contribution in [0.15, 0.2) is 22.0 Å². The Hall–Kier alpha value is -1.32. The third-order valence-electron chi connectivity index (χ3n) is 1.94. The summed E-state index contributed by atoms with van der Waals surface area (Å²) in [6.07, 6.45) is 4.60. The summed E-state index contributed by atoms with van der Waals surface area (Å²) in [4.78, 5) is 0. The fourth-order valence-electron chi connectivity index (χ4n) is 1.28. The molecule has 0 fully saturated rings. The minimum atomic E-state index is 0.502. The van der Waals surface area contributed by atoms with Crippen molar-refractivity contribution in [3.63, 3.8) is 0 Å². The Labute approximate surface area is 70.9 Å². The molecular formula is C8H12N2O2. The van der Waals surface area contributed by atoms with Crippen LogP contribution in [0.4, 0.5) is 0 Å². The topological polar surface area (TPSA) is 65.2 Å². The number of oxime groups is 2. The lowest BCUT2D eigenvalue weighted by Gasteiger charge is -2.12. The van der Waals surface area contributed by atoms with Gasteiger partial charge in [-0.15, -0.1) is 0 Å². The maximum absolute atomic E-state index is 8.62. The SMILES string of the molecule is C/C(=N\O)C1=CCCC/C1=N\O. The van der Waals surface area contributed by atoms with Gasteiger partial charge in [0, 0.05) is 5.57 Å². The molecule has 4 nitrogen and oxygen atoms in total. The van der Waals surface area contributed by atoms with Crippen LogP contribution in [-0.4, -0.2) is 21.8 Å². The molecule has 0 aromatic carbocycles. The van der Waals surface area contributed by atoms with Crippen LogP contribution >= 0.6 is 0 Å². The highest BCUT2D eigenvalue weighted by Gasteiger charge is 2.14. The van der Waals surface area contributed by atoms with Crippen molar-refractivity contribution in [2.24, 2.45) is 10.3 Å². The third kappa shape index (κ3) is 1.64. The fourth-order valence-corrected chi connectivity index (χ4v) is 1.28. The van der Waals surface area contributed by atoms with E-state index in [1.165, 1.54) is 0 Å². The molecule has 0 heterocycles. The molecule has 0 radical (unpaired) electrons. The van der Waals surface area contributed by atoms with Crippen LogP contribution in [0.3, 0.4) is 0 Å². The minimum absolute atomic E-state index is 0.502. The van der Waals surface area contributed by atoms with Gasteiger partial charge in [0.25, 0.3) is 0 Å². The zero-order valence-electron chi connectivity index (χ0n) is 6.99. The first-order valence-electron chi connectivity index (χ1n) is 3.90. The predicted octanol–water partition coefficient (Wildman–Crippen LogP) is 1.78. The Morgan fingerprint density at radius 2 is 2.25 bits per heavy atom. The second-order valence-electron chi connectivity index (χ2n) is 2.74. The molecule has 4 heteroatoms. The van der Waals surface area contributed by atoms with Crippen molar-refractivity contribution < 1.29 is 10.4 Å². The molecule has 2 N–H and O–H groups in total. The van der Waals surface area contributed by atoms with Crippen molar-refractivity contribution in [1.29, 1.82) is 0 Å². The molecule has 0 unspecified atom stereocenters. The number of rotatable bonds is 1. The molecular weight excluding hydrogens is 156 g/mol. The maximum atomic E-state index is 8.62. The van der Waals surface area contributed by atoms with E-state index in [-0.39, 0.29) is 0 Å². The summed E-state index contributed by atoms with van der Waals surface area (Å²) in [5.74, 6) is 0. The summed E-state index contributed by atoms with van der Waals surface area (Å²) in [5, 5.41) is 23.3. The first kappa shape index (κ1) is 8.77. The van der Waals surface area contributed by atoms with E-state index in [0.717, 1.165) is 24.8 Å². The Bertz CT molecular complexity index is 254. The van der Waals surface area contributed by atoms with E-state index < -0.39 is 0 Å². The van der Waals surface area contributed by atoms with E-state index in [0.29, 0.717) is 11.4 Å². The van der Waals surface area contributed by atoms with Crippen LogP contribution < -0.4 is 0 Å². The molecule has 12 heavy (non-hydrogen) atoms. The normalized spacial score (nSPS) is 22.6. The predicted molar refractivity (Wildman–Crippen MR) is 46.1 cm³/mol. The first-order valence-corrected chi connectivity index (χ1v) is 3.90. The summed E-state index contributed by atoms with van der Waals surface area (Å²) in [6.45, 7) is 1.68. The Morgan fingerprint density at radius 3 is 2.83 bits per heavy atom. The highest BCUT2D eigenvalue weighted by atomic mass is 16.4. The van der Waals surface area contributed by atoms with Crippen molar-refractivity contribution in [3.8, 4) is 0 Å². The lowest BCUT2D eigenvalue weighted by Crippen LogP contribution is -2.14. The van der Waals surface area contributed by atoms with E-state index in [2.05, 4.69) is 10.3 Å². The second-order valence-corrected chi connectivity index (χ2v) is 2.74. The number of hydrogen-bond donors (Lipinski definition) is 2. The Balaban J connectivity index is 2.92. The van der Waals surface area contributed by atoms with Crippen molar-refractivity contribution in [2.45, 2.75) is 26.2 Å². The molecule has 0 aromatic heterocycles. The maximum Gasteiger partial charge on any atom is 0.0884 e. The molecule has 0 aromatic rings. The lowest BCUT2D eigenvalue weighted by molar-refractivity contribution is 0.316. The van der Waals surface area contributed by atoms with Crippen molar-refractivity contribution >= 4 is 11.4 Å². The zero-order chi connectivity index (χ0) is 8.97. The van der Waals surface area contributed by atoms with Crippen molar-refractivity contribution in [3.05, 3.63) is 11.6 Å². The molecule has 1 aliphatic carbocycles. The van der Waals surface area contributed by atoms with Gasteiger partial charge in [0.05, 0.1) is 11.4 Å². The average molecular weight is 168 g/mol. The summed E-state index contributed by atoms with van der Waals surface area (Å²) >= 11 is 0. The van der Waals surface area contributed by atoms with Crippen LogP contribution in [0.25, 0.3) is 0 Å². The highest BCUT2D eigenvalue weighted by Crippen LogP contribution is 2.16. The number of hydrogen-bond acceptors (Lipinski definition) is 4. The van der Waals surface area contributed by atoms with Gasteiger partial charge in [-0.25, -0.2) is 0 Å². The highest BCUT2D eigenvalue weighted by molar-refractivity contribution is 6.23. The molecule has 0 saturated carbocycles.